The van der Waals surface area contributed by atoms with Gasteiger partial charge in [-0.05, 0) is 67.1 Å². The van der Waals surface area contributed by atoms with Crippen LogP contribution in [0, 0.1) is 41.4 Å². The van der Waals surface area contributed by atoms with Gasteiger partial charge in [0.25, 0.3) is 0 Å². The van der Waals surface area contributed by atoms with Crippen molar-refractivity contribution in [2.24, 2.45) is 41.4 Å². The van der Waals surface area contributed by atoms with Gasteiger partial charge in [0.2, 0.25) is 0 Å². The lowest BCUT2D eigenvalue weighted by Crippen LogP contribution is -2.38. The molecule has 2 aliphatic rings. The van der Waals surface area contributed by atoms with Crippen LogP contribution < -0.4 is 0 Å². The maximum absolute atomic E-state index is 2.51. The molecule has 0 heterocycles. The molecule has 2 aliphatic carbocycles. The fraction of sp³-hybridized carbons (Fsp3) is 1.00. The predicted molar refractivity (Wildman–Crippen MR) is 75.9 cm³/mol. The van der Waals surface area contributed by atoms with E-state index in [1.165, 1.54) is 32.1 Å². The summed E-state index contributed by atoms with van der Waals surface area (Å²) in [6.45, 7) is 12.3. The van der Waals surface area contributed by atoms with Gasteiger partial charge in [0, 0.05) is 0 Å². The Morgan fingerprint density at radius 1 is 0.706 bits per heavy atom. The van der Waals surface area contributed by atoms with E-state index in [0.717, 1.165) is 41.4 Å². The molecule has 0 nitrogen and oxygen atoms in total. The highest BCUT2D eigenvalue weighted by molar-refractivity contribution is 4.90. The molecule has 7 atom stereocenters. The van der Waals surface area contributed by atoms with Crippen molar-refractivity contribution in [2.75, 3.05) is 0 Å². The molecule has 2 saturated carbocycles. The molecule has 0 aromatic rings. The molecule has 2 rings (SSSR count). The van der Waals surface area contributed by atoms with Crippen molar-refractivity contribution in [1.82, 2.24) is 0 Å². The van der Waals surface area contributed by atoms with Gasteiger partial charge in [-0.25, -0.2) is 0 Å². The quantitative estimate of drug-likeness (QED) is 0.617. The molecule has 0 N–H and O–H groups in total. The summed E-state index contributed by atoms with van der Waals surface area (Å²) in [7, 11) is 0. The number of hydrogen-bond donors (Lipinski definition) is 0. The van der Waals surface area contributed by atoms with E-state index in [2.05, 4.69) is 34.6 Å². The van der Waals surface area contributed by atoms with Crippen LogP contribution in [0.5, 0.6) is 0 Å². The van der Waals surface area contributed by atoms with Gasteiger partial charge in [0.15, 0.2) is 0 Å². The van der Waals surface area contributed by atoms with E-state index in [-0.39, 0.29) is 0 Å². The van der Waals surface area contributed by atoms with Crippen LogP contribution in [0.1, 0.15) is 66.7 Å². The Kier molecular flexibility index (Phi) is 4.21. The predicted octanol–water partition coefficient (Wildman–Crippen LogP) is 5.38. The lowest BCUT2D eigenvalue weighted by atomic mass is 9.58. The molecule has 0 spiro atoms. The summed E-state index contributed by atoms with van der Waals surface area (Å²) in [6, 6.07) is 0. The molecular formula is C17H32. The highest BCUT2D eigenvalue weighted by Gasteiger charge is 2.40. The second kappa shape index (κ2) is 5.33. The Morgan fingerprint density at radius 3 is 1.88 bits per heavy atom. The molecule has 2 fully saturated rings. The fourth-order valence-electron chi connectivity index (χ4n) is 4.62. The van der Waals surface area contributed by atoms with E-state index in [4.69, 9.17) is 0 Å². The summed E-state index contributed by atoms with van der Waals surface area (Å²) < 4.78 is 0. The van der Waals surface area contributed by atoms with Crippen molar-refractivity contribution in [2.45, 2.75) is 66.7 Å². The lowest BCUT2D eigenvalue weighted by Gasteiger charge is -2.47. The molecule has 0 heteroatoms. The molecule has 0 aliphatic heterocycles. The van der Waals surface area contributed by atoms with Crippen LogP contribution in [0.15, 0.2) is 0 Å². The Labute approximate surface area is 109 Å². The highest BCUT2D eigenvalue weighted by atomic mass is 14.5. The largest absolute Gasteiger partial charge is 0.0651 e. The summed E-state index contributed by atoms with van der Waals surface area (Å²) in [5.41, 5.74) is 0. The molecule has 7 unspecified atom stereocenters. The van der Waals surface area contributed by atoms with Crippen LogP contribution in [0.3, 0.4) is 0 Å². The van der Waals surface area contributed by atoms with Crippen molar-refractivity contribution < 1.29 is 0 Å². The third-order valence-electron chi connectivity index (χ3n) is 6.30. The first-order valence-electron chi connectivity index (χ1n) is 8.02. The normalized spacial score (nSPS) is 51.0. The van der Waals surface area contributed by atoms with E-state index in [1.54, 1.807) is 0 Å². The Balaban J connectivity index is 1.89. The second-order valence-electron chi connectivity index (χ2n) is 7.44. The smallest absolute Gasteiger partial charge is 0.0357 e. The van der Waals surface area contributed by atoms with Crippen LogP contribution in [-0.4, -0.2) is 0 Å². The zero-order chi connectivity index (χ0) is 12.6. The average Bonchev–Trinajstić information content (AvgIpc) is 2.28. The molecule has 0 aromatic carbocycles. The van der Waals surface area contributed by atoms with Gasteiger partial charge in [-0.15, -0.1) is 0 Å². The minimum absolute atomic E-state index is 0.960. The van der Waals surface area contributed by atoms with Crippen LogP contribution in [0.25, 0.3) is 0 Å². The minimum atomic E-state index is 0.960. The summed E-state index contributed by atoms with van der Waals surface area (Å²) >= 11 is 0. The molecule has 0 radical (unpaired) electrons. The van der Waals surface area contributed by atoms with Gasteiger partial charge in [0.05, 0.1) is 0 Å². The zero-order valence-corrected chi connectivity index (χ0v) is 12.6. The summed E-state index contributed by atoms with van der Waals surface area (Å²) in [6.07, 6.45) is 7.44. The Bertz CT molecular complexity index is 244. The van der Waals surface area contributed by atoms with Gasteiger partial charge in [-0.2, -0.15) is 0 Å². The average molecular weight is 236 g/mol. The van der Waals surface area contributed by atoms with Gasteiger partial charge in [0.1, 0.15) is 0 Å². The van der Waals surface area contributed by atoms with Crippen LogP contribution in [-0.2, 0) is 0 Å². The molecule has 17 heavy (non-hydrogen) atoms. The zero-order valence-electron chi connectivity index (χ0n) is 12.6. The molecular weight excluding hydrogens is 204 g/mol. The summed E-state index contributed by atoms with van der Waals surface area (Å²) in [4.78, 5) is 0. The number of rotatable bonds is 3. The van der Waals surface area contributed by atoms with E-state index >= 15 is 0 Å². The van der Waals surface area contributed by atoms with Gasteiger partial charge < -0.3 is 0 Å². The van der Waals surface area contributed by atoms with Crippen molar-refractivity contribution in [3.63, 3.8) is 0 Å². The topological polar surface area (TPSA) is 0 Å². The molecule has 0 aromatic heterocycles. The van der Waals surface area contributed by atoms with E-state index in [9.17, 15) is 0 Å². The first-order chi connectivity index (χ1) is 8.02. The third kappa shape index (κ3) is 2.71. The van der Waals surface area contributed by atoms with Crippen molar-refractivity contribution in [3.8, 4) is 0 Å². The third-order valence-corrected chi connectivity index (χ3v) is 6.30. The second-order valence-corrected chi connectivity index (χ2v) is 7.44. The van der Waals surface area contributed by atoms with Crippen molar-refractivity contribution >= 4 is 0 Å². The van der Waals surface area contributed by atoms with Gasteiger partial charge in [-0.3, -0.25) is 0 Å². The van der Waals surface area contributed by atoms with E-state index < -0.39 is 0 Å². The SMILES string of the molecule is CCC1CC(C)C1CC1CC(C)C(C)CC1C. The Hall–Kier alpha value is 0. The summed E-state index contributed by atoms with van der Waals surface area (Å²) in [5, 5.41) is 0. The molecule has 100 valence electrons. The standard InChI is InChI=1S/C17H32/c1-6-15-9-14(5)17(15)10-16-8-12(3)11(2)7-13(16)4/h11-17H,6-10H2,1-5H3. The van der Waals surface area contributed by atoms with E-state index in [0.29, 0.717) is 0 Å². The van der Waals surface area contributed by atoms with Crippen molar-refractivity contribution in [3.05, 3.63) is 0 Å². The molecule has 0 amide bonds. The summed E-state index contributed by atoms with van der Waals surface area (Å²) in [5.74, 6) is 7.07. The highest BCUT2D eigenvalue weighted by Crippen LogP contribution is 2.49. The monoisotopic (exact) mass is 236 g/mol. The minimum Gasteiger partial charge on any atom is -0.0651 e. The lowest BCUT2D eigenvalue weighted by molar-refractivity contribution is 0.0259. The first-order valence-corrected chi connectivity index (χ1v) is 8.02. The van der Waals surface area contributed by atoms with Crippen LogP contribution in [0.4, 0.5) is 0 Å². The first kappa shape index (κ1) is 13.4. The van der Waals surface area contributed by atoms with E-state index in [1.807, 2.05) is 0 Å². The van der Waals surface area contributed by atoms with Gasteiger partial charge >= 0.3 is 0 Å². The molecule has 0 saturated heterocycles. The van der Waals surface area contributed by atoms with Crippen molar-refractivity contribution in [1.29, 1.82) is 0 Å². The Morgan fingerprint density at radius 2 is 1.29 bits per heavy atom. The van der Waals surface area contributed by atoms with Crippen LogP contribution >= 0.6 is 0 Å². The van der Waals surface area contributed by atoms with Gasteiger partial charge in [-0.1, -0.05) is 41.0 Å². The maximum Gasteiger partial charge on any atom is -0.0357 e. The number of hydrogen-bond acceptors (Lipinski definition) is 0. The maximum atomic E-state index is 2.51. The van der Waals surface area contributed by atoms with Crippen LogP contribution in [0.2, 0.25) is 0 Å². The molecule has 0 bridgehead atoms. The fourth-order valence-corrected chi connectivity index (χ4v) is 4.62.